The van der Waals surface area contributed by atoms with Crippen LogP contribution in [0.4, 0.5) is 8.78 Å². The Hall–Kier alpha value is -0.120. The molecule has 0 aliphatic rings. The Morgan fingerprint density at radius 2 is 2.25 bits per heavy atom. The zero-order valence-corrected chi connectivity index (χ0v) is 5.00. The molecule has 8 heavy (non-hydrogen) atoms. The van der Waals surface area contributed by atoms with Crippen molar-refractivity contribution in [2.24, 2.45) is 0 Å². The van der Waals surface area contributed by atoms with Crippen LogP contribution in [0.3, 0.4) is 0 Å². The Labute approximate surface area is 51.5 Å². The highest BCUT2D eigenvalue weighted by Crippen LogP contribution is 2.00. The van der Waals surface area contributed by atoms with Gasteiger partial charge in [0.2, 0.25) is 0 Å². The van der Waals surface area contributed by atoms with Gasteiger partial charge in [0.1, 0.15) is 12.8 Å². The van der Waals surface area contributed by atoms with Crippen LogP contribution in [-0.4, -0.2) is 18.0 Å². The zero-order valence-electron chi connectivity index (χ0n) is 4.10. The van der Waals surface area contributed by atoms with E-state index in [2.05, 4.69) is 12.6 Å². The molecule has 0 radical (unpaired) electrons. The normalized spacial score (nSPS) is 13.4. The largest absolute Gasteiger partial charge is 0.287 e. The van der Waals surface area contributed by atoms with Crippen molar-refractivity contribution in [1.82, 2.24) is 0 Å². The molecule has 1 atom stereocenters. The third-order valence-electron chi connectivity index (χ3n) is 0.564. The van der Waals surface area contributed by atoms with Crippen LogP contribution in [0.25, 0.3) is 0 Å². The van der Waals surface area contributed by atoms with Crippen LogP contribution in [0, 0.1) is 0 Å². The van der Waals surface area contributed by atoms with Crippen molar-refractivity contribution < 1.29 is 13.6 Å². The summed E-state index contributed by atoms with van der Waals surface area (Å²) in [5.41, 5.74) is 0. The number of halogens is 2. The first kappa shape index (κ1) is 7.88. The monoisotopic (exact) mass is 140 g/mol. The van der Waals surface area contributed by atoms with Crippen molar-refractivity contribution in [3.05, 3.63) is 0 Å². The second kappa shape index (κ2) is 3.83. The van der Waals surface area contributed by atoms with Crippen molar-refractivity contribution >= 4 is 17.7 Å². The van der Waals surface area contributed by atoms with E-state index >= 15 is 0 Å². The first-order valence-electron chi connectivity index (χ1n) is 2.08. The molecule has 0 fully saturated rings. The van der Waals surface area contributed by atoms with E-state index in [1.807, 2.05) is 0 Å². The number of carbonyl (C=O) groups is 1. The second-order valence-electron chi connectivity index (χ2n) is 1.35. The molecule has 1 unspecified atom stereocenters. The lowest BCUT2D eigenvalue weighted by Gasteiger charge is -1.95. The van der Waals surface area contributed by atoms with Crippen molar-refractivity contribution in [2.45, 2.75) is 12.6 Å². The molecule has 0 saturated carbocycles. The van der Waals surface area contributed by atoms with Crippen LogP contribution in [0.1, 0.15) is 6.42 Å². The molecule has 0 aromatic rings. The Morgan fingerprint density at radius 1 is 1.75 bits per heavy atom. The van der Waals surface area contributed by atoms with Gasteiger partial charge >= 0.3 is 0 Å². The van der Waals surface area contributed by atoms with Crippen molar-refractivity contribution in [2.75, 3.05) is 6.67 Å². The molecule has 0 aromatic heterocycles. The summed E-state index contributed by atoms with van der Waals surface area (Å²) < 4.78 is 22.9. The van der Waals surface area contributed by atoms with Gasteiger partial charge in [0, 0.05) is 0 Å². The average Bonchev–Trinajstić information content (AvgIpc) is 1.65. The Bertz CT molecular complexity index is 86.1. The lowest BCUT2D eigenvalue weighted by molar-refractivity contribution is -0.111. The lowest BCUT2D eigenvalue weighted by Crippen LogP contribution is -2.05. The molecule has 4 heteroatoms. The van der Waals surface area contributed by atoms with Crippen molar-refractivity contribution in [3.63, 3.8) is 0 Å². The van der Waals surface area contributed by atoms with Gasteiger partial charge in [-0.1, -0.05) is 0 Å². The average molecular weight is 140 g/mol. The number of carbonyl (C=O) groups excluding carboxylic acids is 1. The third kappa shape index (κ3) is 4.05. The molecule has 0 heterocycles. The molecule has 0 saturated heterocycles. The second-order valence-corrected chi connectivity index (χ2v) is 1.85. The van der Waals surface area contributed by atoms with Crippen molar-refractivity contribution in [1.29, 1.82) is 0 Å². The van der Waals surface area contributed by atoms with Crippen LogP contribution in [0.15, 0.2) is 0 Å². The number of thiol groups is 1. The number of hydrogen-bond donors (Lipinski definition) is 1. The van der Waals surface area contributed by atoms with E-state index in [9.17, 15) is 13.6 Å². The van der Waals surface area contributed by atoms with E-state index in [4.69, 9.17) is 0 Å². The molecule has 0 amide bonds. The van der Waals surface area contributed by atoms with Gasteiger partial charge < -0.3 is 0 Å². The molecule has 0 spiro atoms. The molecular weight excluding hydrogens is 134 g/mol. The van der Waals surface area contributed by atoms with Gasteiger partial charge in [-0.2, -0.15) is 0 Å². The quantitative estimate of drug-likeness (QED) is 0.582. The summed E-state index contributed by atoms with van der Waals surface area (Å²) in [5, 5.41) is -0.616. The summed E-state index contributed by atoms with van der Waals surface area (Å²) in [6, 6.07) is 0. The van der Waals surface area contributed by atoms with Gasteiger partial charge in [-0.15, -0.1) is 12.6 Å². The van der Waals surface area contributed by atoms with Gasteiger partial charge in [0.25, 0.3) is 0 Å². The van der Waals surface area contributed by atoms with Gasteiger partial charge in [0.15, 0.2) is 5.12 Å². The smallest absolute Gasteiger partial charge is 0.188 e. The van der Waals surface area contributed by atoms with Crippen LogP contribution < -0.4 is 0 Å². The maximum atomic E-state index is 11.7. The molecule has 0 aliphatic heterocycles. The fourth-order valence-electron chi connectivity index (χ4n) is 0.244. The highest BCUT2D eigenvalue weighted by Gasteiger charge is 2.07. The highest BCUT2D eigenvalue weighted by atomic mass is 32.1. The summed E-state index contributed by atoms with van der Waals surface area (Å²) in [5.74, 6) is 0. The predicted molar refractivity (Wildman–Crippen MR) is 29.5 cm³/mol. The summed E-state index contributed by atoms with van der Waals surface area (Å²) in [6.45, 7) is -1.10. The van der Waals surface area contributed by atoms with Crippen LogP contribution in [-0.2, 0) is 4.79 Å². The van der Waals surface area contributed by atoms with Crippen molar-refractivity contribution in [3.8, 4) is 0 Å². The lowest BCUT2D eigenvalue weighted by atomic mass is 10.3. The maximum absolute atomic E-state index is 11.7. The fraction of sp³-hybridized carbons (Fsp3) is 0.750. The molecule has 0 rings (SSSR count). The number of alkyl halides is 2. The minimum absolute atomic E-state index is 0.431. The Morgan fingerprint density at radius 3 is 2.38 bits per heavy atom. The maximum Gasteiger partial charge on any atom is 0.188 e. The first-order valence-corrected chi connectivity index (χ1v) is 2.53. The minimum Gasteiger partial charge on any atom is -0.287 e. The molecule has 0 bridgehead atoms. The SMILES string of the molecule is O=C(S)CC(F)CF. The summed E-state index contributed by atoms with van der Waals surface area (Å²) >= 11 is 3.25. The molecule has 0 aliphatic carbocycles. The third-order valence-corrected chi connectivity index (χ3v) is 0.746. The van der Waals surface area contributed by atoms with Gasteiger partial charge in [0.05, 0.1) is 6.42 Å². The number of rotatable bonds is 3. The van der Waals surface area contributed by atoms with E-state index in [-0.39, 0.29) is 0 Å². The van der Waals surface area contributed by atoms with Crippen LogP contribution in [0.2, 0.25) is 0 Å². The van der Waals surface area contributed by atoms with Gasteiger partial charge in [-0.3, -0.25) is 4.79 Å². The summed E-state index contributed by atoms with van der Waals surface area (Å²) in [6.07, 6.45) is -2.10. The number of hydrogen-bond acceptors (Lipinski definition) is 1. The molecular formula is C4H6F2OS. The van der Waals surface area contributed by atoms with Crippen LogP contribution >= 0.6 is 12.6 Å². The zero-order chi connectivity index (χ0) is 6.57. The Kier molecular flexibility index (Phi) is 3.77. The highest BCUT2D eigenvalue weighted by molar-refractivity contribution is 7.96. The van der Waals surface area contributed by atoms with Crippen LogP contribution in [0.5, 0.6) is 0 Å². The molecule has 48 valence electrons. The molecule has 1 nitrogen and oxygen atoms in total. The molecule has 0 N–H and O–H groups in total. The van der Waals surface area contributed by atoms with E-state index in [1.165, 1.54) is 0 Å². The van der Waals surface area contributed by atoms with Gasteiger partial charge in [-0.05, 0) is 0 Å². The topological polar surface area (TPSA) is 17.1 Å². The minimum atomic E-state index is -1.67. The summed E-state index contributed by atoms with van der Waals surface area (Å²) in [4.78, 5) is 9.87. The first-order chi connectivity index (χ1) is 3.66. The fourth-order valence-corrected chi connectivity index (χ4v) is 0.442. The van der Waals surface area contributed by atoms with E-state index in [1.54, 1.807) is 0 Å². The summed E-state index contributed by atoms with van der Waals surface area (Å²) in [7, 11) is 0. The van der Waals surface area contributed by atoms with E-state index in [0.29, 0.717) is 0 Å². The Balaban J connectivity index is 3.24. The van der Waals surface area contributed by atoms with E-state index in [0.717, 1.165) is 0 Å². The van der Waals surface area contributed by atoms with Gasteiger partial charge in [-0.25, -0.2) is 8.78 Å². The predicted octanol–water partition coefficient (Wildman–Crippen LogP) is 1.14. The molecule has 0 aromatic carbocycles. The standard InChI is InChI=1S/C4H6F2OS/c5-2-3(6)1-4(7)8/h3H,1-2H2,(H,7,8). The van der Waals surface area contributed by atoms with E-state index < -0.39 is 24.4 Å².